The lowest BCUT2D eigenvalue weighted by Gasteiger charge is -1.99. The Kier molecular flexibility index (Phi) is 4.68. The van der Waals surface area contributed by atoms with Crippen LogP contribution in [0.25, 0.3) is 0 Å². The van der Waals surface area contributed by atoms with Gasteiger partial charge in [-0.3, -0.25) is 4.79 Å². The maximum Gasteiger partial charge on any atom is 0.263 e. The fourth-order valence-electron chi connectivity index (χ4n) is 1.39. The minimum Gasteiger partial charge on any atom is -0.384 e. The fourth-order valence-corrected chi connectivity index (χ4v) is 2.90. The zero-order valence-corrected chi connectivity index (χ0v) is 11.9. The highest BCUT2D eigenvalue weighted by molar-refractivity contribution is 7.13. The first-order chi connectivity index (χ1) is 9.19. The Hall–Kier alpha value is -1.68. The number of nitrogens with zero attached hydrogens (tertiary/aromatic N) is 1. The molecule has 0 aromatic carbocycles. The minimum absolute atomic E-state index is 0.109. The van der Waals surface area contributed by atoms with E-state index < -0.39 is 0 Å². The zero-order chi connectivity index (χ0) is 13.7. The van der Waals surface area contributed by atoms with Gasteiger partial charge in [0.2, 0.25) is 0 Å². The maximum atomic E-state index is 11.8. The number of hydrogen-bond donors (Lipinski definition) is 2. The first-order valence-electron chi connectivity index (χ1n) is 5.58. The molecular weight excluding hydrogens is 280 g/mol. The summed E-state index contributed by atoms with van der Waals surface area (Å²) in [5, 5.41) is 12.3. The molecule has 0 spiro atoms. The van der Waals surface area contributed by atoms with Gasteiger partial charge in [-0.15, -0.1) is 22.7 Å². The lowest BCUT2D eigenvalue weighted by molar-refractivity contribution is 0.0955. The van der Waals surface area contributed by atoms with E-state index in [1.807, 2.05) is 19.1 Å². The number of carbonyl (C=O) groups is 1. The van der Waals surface area contributed by atoms with Crippen molar-refractivity contribution < 1.29 is 9.90 Å². The van der Waals surface area contributed by atoms with Crippen LogP contribution in [0.3, 0.4) is 0 Å². The van der Waals surface area contributed by atoms with Gasteiger partial charge in [0.05, 0.1) is 22.6 Å². The SMILES string of the molecule is Cc1ncc(C(=O)NCc2ccc(C#CCO)s2)s1. The van der Waals surface area contributed by atoms with E-state index >= 15 is 0 Å². The summed E-state index contributed by atoms with van der Waals surface area (Å²) in [6.45, 7) is 2.20. The summed E-state index contributed by atoms with van der Waals surface area (Å²) < 4.78 is 0. The van der Waals surface area contributed by atoms with Crippen molar-refractivity contribution in [3.63, 3.8) is 0 Å². The second kappa shape index (κ2) is 6.48. The third-order valence-electron chi connectivity index (χ3n) is 2.22. The Bertz CT molecular complexity index is 634. The van der Waals surface area contributed by atoms with Crippen molar-refractivity contribution in [3.05, 3.63) is 38.0 Å². The first kappa shape index (κ1) is 13.7. The number of aromatic nitrogens is 1. The largest absolute Gasteiger partial charge is 0.384 e. The van der Waals surface area contributed by atoms with Gasteiger partial charge >= 0.3 is 0 Å². The van der Waals surface area contributed by atoms with Gasteiger partial charge in [0.1, 0.15) is 11.5 Å². The first-order valence-corrected chi connectivity index (χ1v) is 7.21. The fraction of sp³-hybridized carbons (Fsp3) is 0.231. The molecule has 0 fully saturated rings. The van der Waals surface area contributed by atoms with Gasteiger partial charge in [-0.25, -0.2) is 4.98 Å². The topological polar surface area (TPSA) is 62.2 Å². The van der Waals surface area contributed by atoms with Gasteiger partial charge in [-0.05, 0) is 19.1 Å². The molecule has 0 unspecified atom stereocenters. The molecule has 2 heterocycles. The average Bonchev–Trinajstić information content (AvgIpc) is 3.02. The predicted molar refractivity (Wildman–Crippen MR) is 76.3 cm³/mol. The van der Waals surface area contributed by atoms with Crippen LogP contribution in [0.15, 0.2) is 18.3 Å². The van der Waals surface area contributed by atoms with Crippen molar-refractivity contribution in [2.75, 3.05) is 6.61 Å². The van der Waals surface area contributed by atoms with E-state index in [-0.39, 0.29) is 12.5 Å². The molecule has 0 aliphatic heterocycles. The maximum absolute atomic E-state index is 11.8. The van der Waals surface area contributed by atoms with Crippen molar-refractivity contribution in [2.24, 2.45) is 0 Å². The quantitative estimate of drug-likeness (QED) is 0.848. The second-order valence-electron chi connectivity index (χ2n) is 3.65. The molecule has 0 bridgehead atoms. The van der Waals surface area contributed by atoms with Crippen LogP contribution in [0.2, 0.25) is 0 Å². The highest BCUT2D eigenvalue weighted by atomic mass is 32.1. The number of rotatable bonds is 3. The van der Waals surface area contributed by atoms with Crippen molar-refractivity contribution in [3.8, 4) is 11.8 Å². The van der Waals surface area contributed by atoms with Crippen LogP contribution in [0.5, 0.6) is 0 Å². The van der Waals surface area contributed by atoms with Crippen molar-refractivity contribution >= 4 is 28.6 Å². The van der Waals surface area contributed by atoms with Crippen LogP contribution in [0, 0.1) is 18.8 Å². The van der Waals surface area contributed by atoms with Crippen LogP contribution < -0.4 is 5.32 Å². The normalized spacial score (nSPS) is 9.79. The van der Waals surface area contributed by atoms with Crippen LogP contribution in [0.1, 0.15) is 24.4 Å². The van der Waals surface area contributed by atoms with E-state index in [1.54, 1.807) is 6.20 Å². The Morgan fingerprint density at radius 3 is 3.00 bits per heavy atom. The number of hydrogen-bond acceptors (Lipinski definition) is 5. The molecule has 0 radical (unpaired) electrons. The van der Waals surface area contributed by atoms with Crippen molar-refractivity contribution in [1.82, 2.24) is 10.3 Å². The Morgan fingerprint density at radius 2 is 2.32 bits per heavy atom. The molecule has 98 valence electrons. The molecule has 19 heavy (non-hydrogen) atoms. The zero-order valence-electron chi connectivity index (χ0n) is 10.3. The predicted octanol–water partition coefficient (Wildman–Crippen LogP) is 1.79. The third kappa shape index (κ3) is 3.89. The number of nitrogens with one attached hydrogen (secondary N) is 1. The standard InChI is InChI=1S/C13H12N2O2S2/c1-9-14-8-12(18-9)13(17)15-7-11-5-4-10(19-11)3-2-6-16/h4-5,8,16H,6-7H2,1H3,(H,15,17). The van der Waals surface area contributed by atoms with Gasteiger partial charge in [0.25, 0.3) is 5.91 Å². The molecule has 6 heteroatoms. The average molecular weight is 292 g/mol. The van der Waals surface area contributed by atoms with E-state index in [0.717, 1.165) is 14.8 Å². The minimum atomic E-state index is -0.144. The van der Waals surface area contributed by atoms with E-state index in [1.165, 1.54) is 22.7 Å². The van der Waals surface area contributed by atoms with Gasteiger partial charge in [-0.1, -0.05) is 11.8 Å². The molecule has 2 aromatic rings. The molecule has 2 N–H and O–H groups in total. The van der Waals surface area contributed by atoms with Gasteiger partial charge in [0.15, 0.2) is 0 Å². The summed E-state index contributed by atoms with van der Waals surface area (Å²) in [6.07, 6.45) is 1.59. The summed E-state index contributed by atoms with van der Waals surface area (Å²) in [5.74, 6) is 5.32. The molecule has 2 rings (SSSR count). The Morgan fingerprint density at radius 1 is 1.47 bits per heavy atom. The van der Waals surface area contributed by atoms with E-state index in [2.05, 4.69) is 22.1 Å². The summed E-state index contributed by atoms with van der Waals surface area (Å²) in [5.41, 5.74) is 0. The van der Waals surface area contributed by atoms with Crippen LogP contribution in [-0.4, -0.2) is 22.6 Å². The molecule has 2 aromatic heterocycles. The van der Waals surface area contributed by atoms with Crippen LogP contribution in [0.4, 0.5) is 0 Å². The number of carbonyl (C=O) groups excluding carboxylic acids is 1. The van der Waals surface area contributed by atoms with Crippen LogP contribution >= 0.6 is 22.7 Å². The number of thiazole rings is 1. The van der Waals surface area contributed by atoms with E-state index in [4.69, 9.17) is 5.11 Å². The highest BCUT2D eigenvalue weighted by Crippen LogP contribution is 2.16. The monoisotopic (exact) mass is 292 g/mol. The van der Waals surface area contributed by atoms with Gasteiger partial charge in [-0.2, -0.15) is 0 Å². The molecule has 0 saturated carbocycles. The third-order valence-corrected chi connectivity index (χ3v) is 4.13. The van der Waals surface area contributed by atoms with Gasteiger partial charge < -0.3 is 10.4 Å². The molecule has 1 amide bonds. The van der Waals surface area contributed by atoms with E-state index in [0.29, 0.717) is 11.4 Å². The summed E-state index contributed by atoms with van der Waals surface area (Å²) in [4.78, 5) is 18.4. The number of aliphatic hydroxyl groups is 1. The number of thiophene rings is 1. The summed E-state index contributed by atoms with van der Waals surface area (Å²) in [6, 6.07) is 3.80. The molecule has 0 saturated heterocycles. The lowest BCUT2D eigenvalue weighted by atomic mass is 10.4. The lowest BCUT2D eigenvalue weighted by Crippen LogP contribution is -2.21. The molecule has 4 nitrogen and oxygen atoms in total. The number of aliphatic hydroxyl groups excluding tert-OH is 1. The highest BCUT2D eigenvalue weighted by Gasteiger charge is 2.08. The Balaban J connectivity index is 1.92. The number of amides is 1. The summed E-state index contributed by atoms with van der Waals surface area (Å²) >= 11 is 2.88. The molecule has 0 atom stereocenters. The van der Waals surface area contributed by atoms with Crippen LogP contribution in [-0.2, 0) is 6.54 Å². The Labute approximate surface area is 119 Å². The van der Waals surface area contributed by atoms with E-state index in [9.17, 15) is 4.79 Å². The van der Waals surface area contributed by atoms with Crippen molar-refractivity contribution in [1.29, 1.82) is 0 Å². The van der Waals surface area contributed by atoms with Crippen molar-refractivity contribution in [2.45, 2.75) is 13.5 Å². The molecular formula is C13H12N2O2S2. The second-order valence-corrected chi connectivity index (χ2v) is 6.06. The number of aryl methyl sites for hydroxylation is 1. The molecule has 0 aliphatic rings. The molecule has 0 aliphatic carbocycles. The smallest absolute Gasteiger partial charge is 0.263 e. The summed E-state index contributed by atoms with van der Waals surface area (Å²) in [7, 11) is 0. The van der Waals surface area contributed by atoms with Gasteiger partial charge in [0, 0.05) is 4.88 Å².